The highest BCUT2D eigenvalue weighted by molar-refractivity contribution is 5.29. The summed E-state index contributed by atoms with van der Waals surface area (Å²) in [4.78, 5) is 0. The van der Waals surface area contributed by atoms with E-state index in [1.807, 2.05) is 18.2 Å². The van der Waals surface area contributed by atoms with Crippen molar-refractivity contribution in [2.24, 2.45) is 0 Å². The van der Waals surface area contributed by atoms with Crippen LogP contribution < -0.4 is 0 Å². The number of aliphatic hydroxyl groups excluding tert-OH is 1. The second-order valence-electron chi connectivity index (χ2n) is 5.50. The zero-order valence-corrected chi connectivity index (χ0v) is 11.1. The van der Waals surface area contributed by atoms with E-state index in [0.29, 0.717) is 6.42 Å². The molecule has 1 heteroatoms. The van der Waals surface area contributed by atoms with Crippen molar-refractivity contribution in [3.05, 3.63) is 71.3 Å². The lowest BCUT2D eigenvalue weighted by atomic mass is 9.80. The second kappa shape index (κ2) is 5.58. The number of hydrogen-bond donors (Lipinski definition) is 1. The normalized spacial score (nSPS) is 16.9. The predicted octanol–water partition coefficient (Wildman–Crippen LogP) is 4.23. The lowest BCUT2D eigenvalue weighted by Gasteiger charge is -2.26. The Morgan fingerprint density at radius 2 is 1.63 bits per heavy atom. The molecule has 0 aliphatic heterocycles. The molecule has 1 aliphatic carbocycles. The molecule has 1 fully saturated rings. The van der Waals surface area contributed by atoms with Crippen LogP contribution >= 0.6 is 0 Å². The van der Waals surface area contributed by atoms with Gasteiger partial charge in [-0.3, -0.25) is 0 Å². The molecule has 19 heavy (non-hydrogen) atoms. The van der Waals surface area contributed by atoms with E-state index in [9.17, 15) is 5.11 Å². The Morgan fingerprint density at radius 1 is 0.947 bits per heavy atom. The van der Waals surface area contributed by atoms with Crippen molar-refractivity contribution >= 4 is 0 Å². The Morgan fingerprint density at radius 3 is 2.21 bits per heavy atom. The summed E-state index contributed by atoms with van der Waals surface area (Å²) in [6.07, 6.45) is 4.29. The molecule has 0 spiro atoms. The topological polar surface area (TPSA) is 20.2 Å². The molecular formula is C18H20O. The van der Waals surface area contributed by atoms with Gasteiger partial charge >= 0.3 is 0 Å². The van der Waals surface area contributed by atoms with Crippen LogP contribution in [0.4, 0.5) is 0 Å². The van der Waals surface area contributed by atoms with Crippen LogP contribution in [0.5, 0.6) is 0 Å². The molecule has 98 valence electrons. The summed E-state index contributed by atoms with van der Waals surface area (Å²) in [6, 6.07) is 18.7. The monoisotopic (exact) mass is 252 g/mol. The molecule has 2 aromatic carbocycles. The Labute approximate surface area is 114 Å². The van der Waals surface area contributed by atoms with Gasteiger partial charge in [0.2, 0.25) is 0 Å². The van der Waals surface area contributed by atoms with Crippen LogP contribution in [0.15, 0.2) is 54.6 Å². The van der Waals surface area contributed by atoms with E-state index in [2.05, 4.69) is 36.4 Å². The fourth-order valence-corrected chi connectivity index (χ4v) is 2.69. The van der Waals surface area contributed by atoms with Gasteiger partial charge in [0.05, 0.1) is 6.10 Å². The van der Waals surface area contributed by atoms with E-state index in [1.54, 1.807) is 0 Å². The van der Waals surface area contributed by atoms with Crippen molar-refractivity contribution in [2.45, 2.75) is 37.7 Å². The van der Waals surface area contributed by atoms with Crippen LogP contribution in [-0.2, 0) is 6.42 Å². The van der Waals surface area contributed by atoms with Crippen molar-refractivity contribution in [1.82, 2.24) is 0 Å². The standard InChI is InChI=1S/C18H20O/c19-18(13-14-5-2-1-3-6-14)17-11-9-16(10-12-17)15-7-4-8-15/h1-3,5-6,9-12,15,18-19H,4,7-8,13H2. The molecule has 1 N–H and O–H groups in total. The molecule has 1 aliphatic rings. The summed E-state index contributed by atoms with van der Waals surface area (Å²) in [6.45, 7) is 0. The molecule has 3 rings (SSSR count). The average Bonchev–Trinajstić information content (AvgIpc) is 2.39. The third-order valence-electron chi connectivity index (χ3n) is 4.17. The zero-order chi connectivity index (χ0) is 13.1. The van der Waals surface area contributed by atoms with Crippen LogP contribution in [0, 0.1) is 0 Å². The Hall–Kier alpha value is -1.60. The van der Waals surface area contributed by atoms with Crippen LogP contribution in [0.3, 0.4) is 0 Å². The van der Waals surface area contributed by atoms with Crippen molar-refractivity contribution in [3.63, 3.8) is 0 Å². The minimum absolute atomic E-state index is 0.405. The number of rotatable bonds is 4. The van der Waals surface area contributed by atoms with Gasteiger partial charge in [0.15, 0.2) is 0 Å². The number of benzene rings is 2. The van der Waals surface area contributed by atoms with E-state index < -0.39 is 6.10 Å². The Bertz CT molecular complexity index is 511. The van der Waals surface area contributed by atoms with Crippen LogP contribution in [0.25, 0.3) is 0 Å². The molecule has 0 amide bonds. The smallest absolute Gasteiger partial charge is 0.0830 e. The van der Waals surface area contributed by atoms with E-state index in [4.69, 9.17) is 0 Å². The average molecular weight is 252 g/mol. The highest BCUT2D eigenvalue weighted by Crippen LogP contribution is 2.36. The summed E-state index contributed by atoms with van der Waals surface area (Å²) in [5.41, 5.74) is 3.63. The van der Waals surface area contributed by atoms with E-state index >= 15 is 0 Å². The summed E-state index contributed by atoms with van der Waals surface area (Å²) in [5, 5.41) is 10.3. The summed E-state index contributed by atoms with van der Waals surface area (Å²) in [5.74, 6) is 0.764. The number of hydrogen-bond acceptors (Lipinski definition) is 1. The van der Waals surface area contributed by atoms with E-state index in [-0.39, 0.29) is 0 Å². The first-order valence-corrected chi connectivity index (χ1v) is 7.15. The first-order valence-electron chi connectivity index (χ1n) is 7.15. The maximum atomic E-state index is 10.3. The molecule has 1 saturated carbocycles. The summed E-state index contributed by atoms with van der Waals surface area (Å²) in [7, 11) is 0. The molecule has 0 aromatic heterocycles. The predicted molar refractivity (Wildman–Crippen MR) is 78.1 cm³/mol. The third-order valence-corrected chi connectivity index (χ3v) is 4.17. The van der Waals surface area contributed by atoms with Crippen molar-refractivity contribution in [3.8, 4) is 0 Å². The first kappa shape index (κ1) is 12.4. The van der Waals surface area contributed by atoms with Gasteiger partial charge in [0.25, 0.3) is 0 Å². The van der Waals surface area contributed by atoms with Gasteiger partial charge in [-0.25, -0.2) is 0 Å². The van der Waals surface area contributed by atoms with Crippen molar-refractivity contribution in [1.29, 1.82) is 0 Å². The lowest BCUT2D eigenvalue weighted by molar-refractivity contribution is 0.178. The van der Waals surface area contributed by atoms with E-state index in [1.165, 1.54) is 30.4 Å². The maximum Gasteiger partial charge on any atom is 0.0830 e. The molecule has 1 atom stereocenters. The molecule has 1 unspecified atom stereocenters. The largest absolute Gasteiger partial charge is 0.388 e. The second-order valence-corrected chi connectivity index (χ2v) is 5.50. The molecule has 1 nitrogen and oxygen atoms in total. The molecule has 2 aromatic rings. The van der Waals surface area contributed by atoms with E-state index in [0.717, 1.165) is 11.5 Å². The summed E-state index contributed by atoms with van der Waals surface area (Å²) >= 11 is 0. The Kier molecular flexibility index (Phi) is 3.65. The summed E-state index contributed by atoms with van der Waals surface area (Å²) < 4.78 is 0. The Balaban J connectivity index is 1.67. The lowest BCUT2D eigenvalue weighted by Crippen LogP contribution is -2.09. The van der Waals surface area contributed by atoms with Gasteiger partial charge in [0, 0.05) is 6.42 Å². The van der Waals surface area contributed by atoms with Crippen molar-refractivity contribution in [2.75, 3.05) is 0 Å². The fraction of sp³-hybridized carbons (Fsp3) is 0.333. The van der Waals surface area contributed by atoms with Gasteiger partial charge in [-0.05, 0) is 35.4 Å². The van der Waals surface area contributed by atoms with Gasteiger partial charge in [-0.15, -0.1) is 0 Å². The maximum absolute atomic E-state index is 10.3. The molecule has 0 saturated heterocycles. The van der Waals surface area contributed by atoms with Crippen LogP contribution in [0.1, 0.15) is 48.0 Å². The molecule has 0 bridgehead atoms. The molecule has 0 heterocycles. The van der Waals surface area contributed by atoms with Gasteiger partial charge in [-0.1, -0.05) is 61.0 Å². The fourth-order valence-electron chi connectivity index (χ4n) is 2.69. The SMILES string of the molecule is OC(Cc1ccccc1)c1ccc(C2CCC2)cc1. The molecular weight excluding hydrogens is 232 g/mol. The van der Waals surface area contributed by atoms with Gasteiger partial charge < -0.3 is 5.11 Å². The van der Waals surface area contributed by atoms with Crippen LogP contribution in [-0.4, -0.2) is 5.11 Å². The van der Waals surface area contributed by atoms with Gasteiger partial charge in [0.1, 0.15) is 0 Å². The van der Waals surface area contributed by atoms with Crippen LogP contribution in [0.2, 0.25) is 0 Å². The minimum atomic E-state index is -0.405. The zero-order valence-electron chi connectivity index (χ0n) is 11.1. The van der Waals surface area contributed by atoms with Crippen molar-refractivity contribution < 1.29 is 5.11 Å². The highest BCUT2D eigenvalue weighted by atomic mass is 16.3. The third kappa shape index (κ3) is 2.87. The number of aliphatic hydroxyl groups is 1. The van der Waals surface area contributed by atoms with Gasteiger partial charge in [-0.2, -0.15) is 0 Å². The quantitative estimate of drug-likeness (QED) is 0.863. The highest BCUT2D eigenvalue weighted by Gasteiger charge is 2.19. The first-order chi connectivity index (χ1) is 9.33. The minimum Gasteiger partial charge on any atom is -0.388 e. The molecule has 0 radical (unpaired) electrons.